The van der Waals surface area contributed by atoms with E-state index in [-0.39, 0.29) is 0 Å². The Balaban J connectivity index is 0.000000252. The number of nitriles is 1. The van der Waals surface area contributed by atoms with Gasteiger partial charge in [-0.15, -0.1) is 0 Å². The lowest BCUT2D eigenvalue weighted by Gasteiger charge is -1.93. The minimum atomic E-state index is 0.694. The zero-order valence-corrected chi connectivity index (χ0v) is 8.67. The van der Waals surface area contributed by atoms with E-state index in [1.165, 1.54) is 11.1 Å². The lowest BCUT2D eigenvalue weighted by molar-refractivity contribution is 0.969. The van der Waals surface area contributed by atoms with Crippen LogP contribution in [-0.4, -0.2) is 0 Å². The Kier molecular flexibility index (Phi) is 6.63. The molecule has 13 heavy (non-hydrogen) atoms. The molecular formula is C12H17N. The molecule has 0 heterocycles. The van der Waals surface area contributed by atoms with Crippen molar-refractivity contribution in [3.63, 3.8) is 0 Å². The molecule has 0 bridgehead atoms. The molecule has 0 N–H and O–H groups in total. The van der Waals surface area contributed by atoms with Crippen molar-refractivity contribution in [2.24, 2.45) is 0 Å². The maximum Gasteiger partial charge on any atom is 0.0621 e. The van der Waals surface area contributed by atoms with Gasteiger partial charge in [0.2, 0.25) is 0 Å². The van der Waals surface area contributed by atoms with Crippen LogP contribution in [0.15, 0.2) is 24.3 Å². The molecule has 0 unspecified atom stereocenters. The van der Waals surface area contributed by atoms with E-state index in [9.17, 15) is 0 Å². The van der Waals surface area contributed by atoms with Crippen LogP contribution >= 0.6 is 0 Å². The van der Waals surface area contributed by atoms with Crippen LogP contribution in [0, 0.1) is 25.2 Å². The molecule has 1 nitrogen and oxygen atoms in total. The molecule has 0 atom stereocenters. The lowest BCUT2D eigenvalue weighted by atomic mass is 10.1. The second-order valence-corrected chi connectivity index (χ2v) is 2.99. The molecule has 1 heteroatoms. The third-order valence-electron chi connectivity index (χ3n) is 1.79. The topological polar surface area (TPSA) is 23.8 Å². The third-order valence-corrected chi connectivity index (χ3v) is 1.79. The number of hydrogen-bond donors (Lipinski definition) is 0. The van der Waals surface area contributed by atoms with E-state index in [0.29, 0.717) is 6.42 Å². The van der Waals surface area contributed by atoms with Gasteiger partial charge in [-0.25, -0.2) is 0 Å². The molecule has 0 aromatic heterocycles. The maximum atomic E-state index is 7.82. The Morgan fingerprint density at radius 2 is 1.62 bits per heavy atom. The van der Waals surface area contributed by atoms with Crippen molar-refractivity contribution in [3.8, 4) is 6.07 Å². The minimum absolute atomic E-state index is 0.694. The highest BCUT2D eigenvalue weighted by molar-refractivity contribution is 5.23. The number of unbranched alkanes of at least 4 members (excludes halogenated alkanes) is 1. The Morgan fingerprint density at radius 1 is 1.15 bits per heavy atom. The van der Waals surface area contributed by atoms with Crippen molar-refractivity contribution in [3.05, 3.63) is 35.4 Å². The van der Waals surface area contributed by atoms with Crippen LogP contribution in [0.5, 0.6) is 0 Å². The normalized spacial score (nSPS) is 8.15. The van der Waals surface area contributed by atoms with Gasteiger partial charge in [0.15, 0.2) is 0 Å². The summed E-state index contributed by atoms with van der Waals surface area (Å²) in [6, 6.07) is 10.4. The van der Waals surface area contributed by atoms with E-state index in [0.717, 1.165) is 6.42 Å². The highest BCUT2D eigenvalue weighted by atomic mass is 14.2. The van der Waals surface area contributed by atoms with E-state index in [1.807, 2.05) is 13.0 Å². The first-order valence-corrected chi connectivity index (χ1v) is 4.61. The molecule has 0 aliphatic rings. The summed E-state index contributed by atoms with van der Waals surface area (Å²) in [4.78, 5) is 0. The molecule has 1 aromatic carbocycles. The summed E-state index contributed by atoms with van der Waals surface area (Å²) in [7, 11) is 0. The van der Waals surface area contributed by atoms with Crippen molar-refractivity contribution in [1.29, 1.82) is 5.26 Å². The Hall–Kier alpha value is -1.29. The standard InChI is InChI=1S/C8H10.C4H7N/c1-7-5-3-4-6-8(7)2;1-2-3-4-5/h3-6H,1-2H3;2-3H2,1H3. The smallest absolute Gasteiger partial charge is 0.0621 e. The summed E-state index contributed by atoms with van der Waals surface area (Å²) in [5.41, 5.74) is 2.74. The highest BCUT2D eigenvalue weighted by Gasteiger charge is 1.83. The Labute approximate surface area is 81.0 Å². The second-order valence-electron chi connectivity index (χ2n) is 2.99. The van der Waals surface area contributed by atoms with E-state index in [4.69, 9.17) is 5.26 Å². The van der Waals surface area contributed by atoms with E-state index in [2.05, 4.69) is 38.1 Å². The SMILES string of the molecule is CCCC#N.Cc1ccccc1C. The Bertz CT molecular complexity index is 250. The van der Waals surface area contributed by atoms with Crippen LogP contribution in [0.4, 0.5) is 0 Å². The van der Waals surface area contributed by atoms with Gasteiger partial charge in [-0.1, -0.05) is 31.2 Å². The fraction of sp³-hybridized carbons (Fsp3) is 0.417. The van der Waals surface area contributed by atoms with Crippen molar-refractivity contribution >= 4 is 0 Å². The van der Waals surface area contributed by atoms with Crippen molar-refractivity contribution < 1.29 is 0 Å². The van der Waals surface area contributed by atoms with Crippen LogP contribution in [0.3, 0.4) is 0 Å². The van der Waals surface area contributed by atoms with E-state index >= 15 is 0 Å². The zero-order valence-electron chi connectivity index (χ0n) is 8.67. The molecule has 0 aliphatic heterocycles. The fourth-order valence-electron chi connectivity index (χ4n) is 0.774. The van der Waals surface area contributed by atoms with E-state index in [1.54, 1.807) is 0 Å². The molecule has 0 aliphatic carbocycles. The van der Waals surface area contributed by atoms with Crippen LogP contribution < -0.4 is 0 Å². The summed E-state index contributed by atoms with van der Waals surface area (Å²) in [5, 5.41) is 7.82. The molecular weight excluding hydrogens is 158 g/mol. The number of rotatable bonds is 1. The number of hydrogen-bond acceptors (Lipinski definition) is 1. The second kappa shape index (κ2) is 7.36. The van der Waals surface area contributed by atoms with Gasteiger partial charge in [-0.2, -0.15) is 5.26 Å². The van der Waals surface area contributed by atoms with Crippen LogP contribution in [0.1, 0.15) is 30.9 Å². The maximum absolute atomic E-state index is 7.82. The predicted octanol–water partition coefficient (Wildman–Crippen LogP) is 3.61. The zero-order chi connectivity index (χ0) is 10.1. The number of nitrogens with zero attached hydrogens (tertiary/aromatic N) is 1. The van der Waals surface area contributed by atoms with Gasteiger partial charge < -0.3 is 0 Å². The minimum Gasteiger partial charge on any atom is -0.198 e. The van der Waals surface area contributed by atoms with Gasteiger partial charge in [0, 0.05) is 6.42 Å². The van der Waals surface area contributed by atoms with Gasteiger partial charge in [-0.05, 0) is 31.4 Å². The summed E-state index contributed by atoms with van der Waals surface area (Å²) in [6.45, 7) is 6.23. The van der Waals surface area contributed by atoms with Gasteiger partial charge >= 0.3 is 0 Å². The molecule has 0 amide bonds. The Morgan fingerprint density at radius 3 is 1.77 bits per heavy atom. The van der Waals surface area contributed by atoms with Crippen molar-refractivity contribution in [1.82, 2.24) is 0 Å². The molecule has 0 fully saturated rings. The first-order valence-electron chi connectivity index (χ1n) is 4.61. The first kappa shape index (κ1) is 11.7. The van der Waals surface area contributed by atoms with E-state index < -0.39 is 0 Å². The van der Waals surface area contributed by atoms with Gasteiger partial charge in [0.05, 0.1) is 6.07 Å². The van der Waals surface area contributed by atoms with Gasteiger partial charge in [0.1, 0.15) is 0 Å². The monoisotopic (exact) mass is 175 g/mol. The molecule has 70 valence electrons. The first-order chi connectivity index (χ1) is 6.22. The number of aryl methyl sites for hydroxylation is 2. The molecule has 1 rings (SSSR count). The van der Waals surface area contributed by atoms with Crippen molar-refractivity contribution in [2.75, 3.05) is 0 Å². The quantitative estimate of drug-likeness (QED) is 0.639. The lowest BCUT2D eigenvalue weighted by Crippen LogP contribution is -1.74. The molecule has 0 spiro atoms. The van der Waals surface area contributed by atoms with Crippen LogP contribution in [-0.2, 0) is 0 Å². The predicted molar refractivity (Wildman–Crippen MR) is 56.4 cm³/mol. The van der Waals surface area contributed by atoms with Gasteiger partial charge in [0.25, 0.3) is 0 Å². The summed E-state index contributed by atoms with van der Waals surface area (Å²) < 4.78 is 0. The summed E-state index contributed by atoms with van der Waals surface area (Å²) >= 11 is 0. The average Bonchev–Trinajstić information content (AvgIpc) is 2.13. The number of benzene rings is 1. The largest absolute Gasteiger partial charge is 0.198 e. The molecule has 0 saturated carbocycles. The highest BCUT2D eigenvalue weighted by Crippen LogP contribution is 2.02. The third kappa shape index (κ3) is 5.93. The van der Waals surface area contributed by atoms with Crippen LogP contribution in [0.2, 0.25) is 0 Å². The van der Waals surface area contributed by atoms with Crippen LogP contribution in [0.25, 0.3) is 0 Å². The summed E-state index contributed by atoms with van der Waals surface area (Å²) in [6.07, 6.45) is 1.68. The van der Waals surface area contributed by atoms with Gasteiger partial charge in [-0.3, -0.25) is 0 Å². The molecule has 0 radical (unpaired) electrons. The fourth-order valence-corrected chi connectivity index (χ4v) is 0.774. The summed E-state index contributed by atoms with van der Waals surface area (Å²) in [5.74, 6) is 0. The molecule has 0 saturated heterocycles. The van der Waals surface area contributed by atoms with Crippen molar-refractivity contribution in [2.45, 2.75) is 33.6 Å². The average molecular weight is 175 g/mol. The molecule has 1 aromatic rings.